The largest absolute Gasteiger partial charge is 0.468 e. The topological polar surface area (TPSA) is 58.6 Å². The Morgan fingerprint density at radius 1 is 1.30 bits per heavy atom. The van der Waals surface area contributed by atoms with Crippen molar-refractivity contribution in [2.75, 3.05) is 20.3 Å². The van der Waals surface area contributed by atoms with Gasteiger partial charge >= 0.3 is 5.97 Å². The Kier molecular flexibility index (Phi) is 9.67. The van der Waals surface area contributed by atoms with Gasteiger partial charge in [0, 0.05) is 19.3 Å². The third-order valence-corrected chi connectivity index (χ3v) is 5.89. The monoisotopic (exact) mass is 344 g/mol. The lowest BCUT2D eigenvalue weighted by molar-refractivity contribution is -0.145. The molecule has 0 aliphatic heterocycles. The van der Waals surface area contributed by atoms with Crippen LogP contribution in [-0.4, -0.2) is 43.0 Å². The smallest absolute Gasteiger partial charge is 0.323 e. The van der Waals surface area contributed by atoms with Gasteiger partial charge in [0.05, 0.1) is 7.11 Å². The second-order valence-electron chi connectivity index (χ2n) is 6.59. The van der Waals surface area contributed by atoms with Gasteiger partial charge in [-0.1, -0.05) is 39.8 Å². The molecule has 23 heavy (non-hydrogen) atoms. The van der Waals surface area contributed by atoms with Crippen molar-refractivity contribution in [3.8, 4) is 0 Å². The molecule has 1 N–H and O–H groups in total. The zero-order chi connectivity index (χ0) is 18.2. The van der Waals surface area contributed by atoms with Gasteiger partial charge in [-0.3, -0.25) is 9.36 Å². The van der Waals surface area contributed by atoms with Crippen molar-refractivity contribution in [2.24, 2.45) is 11.8 Å². The van der Waals surface area contributed by atoms with E-state index in [0.717, 1.165) is 0 Å². The van der Waals surface area contributed by atoms with Gasteiger partial charge in [0.25, 0.3) is 0 Å². The molecule has 0 aromatic carbocycles. The zero-order valence-electron chi connectivity index (χ0n) is 15.4. The SMILES string of the molecule is C=CCN([C@@H](CC(C)C)C(=O)OC)P(C)(=O)N[C@@H](C=C)C(C)C. The van der Waals surface area contributed by atoms with Crippen molar-refractivity contribution in [1.82, 2.24) is 9.76 Å². The summed E-state index contributed by atoms with van der Waals surface area (Å²) in [6, 6.07) is -0.672. The molecule has 0 radical (unpaired) electrons. The lowest BCUT2D eigenvalue weighted by Crippen LogP contribution is -2.45. The number of esters is 1. The number of nitrogens with one attached hydrogen (secondary N) is 1. The summed E-state index contributed by atoms with van der Waals surface area (Å²) >= 11 is 0. The number of methoxy groups -OCH3 is 1. The molecule has 1 unspecified atom stereocenters. The Morgan fingerprint density at radius 2 is 1.87 bits per heavy atom. The van der Waals surface area contributed by atoms with Crippen molar-refractivity contribution in [1.29, 1.82) is 0 Å². The first-order valence-corrected chi connectivity index (χ1v) is 10.1. The number of nitrogens with zero attached hydrogens (tertiary/aromatic N) is 1. The van der Waals surface area contributed by atoms with E-state index in [2.05, 4.69) is 18.2 Å². The lowest BCUT2D eigenvalue weighted by Gasteiger charge is -2.37. The van der Waals surface area contributed by atoms with E-state index >= 15 is 0 Å². The highest BCUT2D eigenvalue weighted by Crippen LogP contribution is 2.45. The highest BCUT2D eigenvalue weighted by atomic mass is 31.2. The molecule has 6 heteroatoms. The van der Waals surface area contributed by atoms with Gasteiger partial charge in [0.15, 0.2) is 0 Å². The number of hydrogen-bond donors (Lipinski definition) is 1. The van der Waals surface area contributed by atoms with Crippen LogP contribution in [0.1, 0.15) is 34.1 Å². The molecule has 0 amide bonds. The fourth-order valence-electron chi connectivity index (χ4n) is 2.43. The number of rotatable bonds is 11. The molecule has 0 aromatic rings. The molecule has 0 aromatic heterocycles. The predicted octanol–water partition coefficient (Wildman–Crippen LogP) is 3.69. The van der Waals surface area contributed by atoms with Crippen LogP contribution in [0.2, 0.25) is 0 Å². The maximum atomic E-state index is 13.3. The highest BCUT2D eigenvalue weighted by molar-refractivity contribution is 7.58. The van der Waals surface area contributed by atoms with Gasteiger partial charge in [0.2, 0.25) is 7.44 Å². The first-order chi connectivity index (χ1) is 10.6. The van der Waals surface area contributed by atoms with Crippen LogP contribution in [0.5, 0.6) is 0 Å². The average Bonchev–Trinajstić information content (AvgIpc) is 2.46. The third kappa shape index (κ3) is 7.03. The normalized spacial score (nSPS) is 16.9. The zero-order valence-corrected chi connectivity index (χ0v) is 16.3. The Bertz CT molecular complexity index is 449. The summed E-state index contributed by atoms with van der Waals surface area (Å²) in [5.74, 6) is 0.142. The van der Waals surface area contributed by atoms with Gasteiger partial charge < -0.3 is 4.74 Å². The van der Waals surface area contributed by atoms with E-state index in [-0.39, 0.29) is 23.8 Å². The molecule has 0 saturated carbocycles. The highest BCUT2D eigenvalue weighted by Gasteiger charge is 2.37. The van der Waals surface area contributed by atoms with Crippen LogP contribution >= 0.6 is 7.44 Å². The number of ether oxygens (including phenoxy) is 1. The molecule has 0 spiro atoms. The van der Waals surface area contributed by atoms with E-state index < -0.39 is 13.5 Å². The second-order valence-corrected chi connectivity index (χ2v) is 9.12. The summed E-state index contributed by atoms with van der Waals surface area (Å²) in [4.78, 5) is 12.2. The van der Waals surface area contributed by atoms with Gasteiger partial charge in [-0.05, 0) is 18.3 Å². The van der Waals surface area contributed by atoms with Crippen molar-refractivity contribution in [2.45, 2.75) is 46.2 Å². The van der Waals surface area contributed by atoms with Crippen LogP contribution in [0, 0.1) is 11.8 Å². The molecule has 0 aliphatic carbocycles. The molecule has 0 rings (SSSR count). The molecule has 5 nitrogen and oxygen atoms in total. The Labute approximate surface area is 141 Å². The van der Waals surface area contributed by atoms with Crippen LogP contribution in [0.3, 0.4) is 0 Å². The standard InChI is InChI=1S/C17H33N2O3P/c1-9-11-19(16(12-13(3)4)17(20)22-7)23(8,21)18-15(10-2)14(5)6/h9-10,13-16H,1-2,11-12H2,3-8H3,(H,18,21)/t15-,16-,23?/m0/s1. The molecule has 3 atom stereocenters. The van der Waals surface area contributed by atoms with Crippen LogP contribution in [0.4, 0.5) is 0 Å². The summed E-state index contributed by atoms with van der Waals surface area (Å²) in [7, 11) is -1.63. The summed E-state index contributed by atoms with van der Waals surface area (Å²) in [5.41, 5.74) is 0. The maximum Gasteiger partial charge on any atom is 0.323 e. The Morgan fingerprint density at radius 3 is 2.22 bits per heavy atom. The van der Waals surface area contributed by atoms with E-state index in [1.54, 1.807) is 23.5 Å². The van der Waals surface area contributed by atoms with Gasteiger partial charge in [0.1, 0.15) is 6.04 Å². The molecule has 0 bridgehead atoms. The van der Waals surface area contributed by atoms with Gasteiger partial charge in [-0.15, -0.1) is 13.2 Å². The van der Waals surface area contributed by atoms with E-state index in [1.807, 2.05) is 27.7 Å². The minimum Gasteiger partial charge on any atom is -0.468 e. The third-order valence-electron chi connectivity index (χ3n) is 3.69. The first-order valence-electron chi connectivity index (χ1n) is 8.04. The Balaban J connectivity index is 5.60. The van der Waals surface area contributed by atoms with Gasteiger partial charge in [-0.25, -0.2) is 9.76 Å². The van der Waals surface area contributed by atoms with Crippen molar-refractivity contribution in [3.63, 3.8) is 0 Å². The summed E-state index contributed by atoms with van der Waals surface area (Å²) < 4.78 is 19.9. The van der Waals surface area contributed by atoms with Gasteiger partial charge in [-0.2, -0.15) is 0 Å². The van der Waals surface area contributed by atoms with Crippen LogP contribution in [0.25, 0.3) is 0 Å². The van der Waals surface area contributed by atoms with Crippen LogP contribution < -0.4 is 5.09 Å². The van der Waals surface area contributed by atoms with Crippen LogP contribution in [-0.2, 0) is 14.1 Å². The number of carbonyl (C=O) groups is 1. The molecular weight excluding hydrogens is 311 g/mol. The summed E-state index contributed by atoms with van der Waals surface area (Å²) in [6.07, 6.45) is 3.98. The summed E-state index contributed by atoms with van der Waals surface area (Å²) in [5, 5.41) is 3.17. The summed E-state index contributed by atoms with van der Waals surface area (Å²) in [6.45, 7) is 17.6. The van der Waals surface area contributed by atoms with Crippen molar-refractivity contribution >= 4 is 13.4 Å². The Hall–Kier alpha value is -0.900. The fraction of sp³-hybridized carbons (Fsp3) is 0.706. The predicted molar refractivity (Wildman–Crippen MR) is 97.7 cm³/mol. The van der Waals surface area contributed by atoms with E-state index in [1.165, 1.54) is 7.11 Å². The molecular formula is C17H33N2O3P. The molecule has 0 saturated heterocycles. The van der Waals surface area contributed by atoms with E-state index in [9.17, 15) is 9.36 Å². The second kappa shape index (κ2) is 10.1. The number of carbonyl (C=O) groups excluding carboxylic acids is 1. The minimum absolute atomic E-state index is 0.101. The van der Waals surface area contributed by atoms with Crippen molar-refractivity contribution in [3.05, 3.63) is 25.3 Å². The van der Waals surface area contributed by atoms with E-state index in [4.69, 9.17) is 4.74 Å². The first kappa shape index (κ1) is 22.1. The molecule has 134 valence electrons. The maximum absolute atomic E-state index is 13.3. The fourth-order valence-corrected chi connectivity index (χ4v) is 4.68. The molecule has 0 heterocycles. The quantitative estimate of drug-likeness (QED) is 0.352. The molecule has 0 fully saturated rings. The average molecular weight is 344 g/mol. The number of hydrogen-bond acceptors (Lipinski definition) is 3. The van der Waals surface area contributed by atoms with Crippen LogP contribution in [0.15, 0.2) is 25.3 Å². The van der Waals surface area contributed by atoms with E-state index in [0.29, 0.717) is 13.0 Å². The lowest BCUT2D eigenvalue weighted by atomic mass is 10.0. The minimum atomic E-state index is -2.99. The van der Waals surface area contributed by atoms with Crippen molar-refractivity contribution < 1.29 is 14.1 Å². The molecule has 0 aliphatic rings.